The number of hydrogen-bond donors (Lipinski definition) is 2. The van der Waals surface area contributed by atoms with Gasteiger partial charge in [0.2, 0.25) is 11.6 Å². The Bertz CT molecular complexity index is 1310. The fraction of sp³-hybridized carbons (Fsp3) is 0.0909. The lowest BCUT2D eigenvalue weighted by atomic mass is 10.1. The van der Waals surface area contributed by atoms with E-state index in [9.17, 15) is 9.59 Å². The van der Waals surface area contributed by atoms with Crippen LogP contribution in [0.3, 0.4) is 0 Å². The SMILES string of the molecule is CCOC(=O)NC(=O)/C(C#N)=N/Nc1cc(Cl)c(Oc2cc(-c3ccccc3)c(Cl)nn2)c(Cl)c1. The van der Waals surface area contributed by atoms with Gasteiger partial charge in [-0.15, -0.1) is 10.2 Å². The van der Waals surface area contributed by atoms with Crippen molar-refractivity contribution in [3.8, 4) is 28.8 Å². The van der Waals surface area contributed by atoms with Gasteiger partial charge in [-0.2, -0.15) is 10.4 Å². The summed E-state index contributed by atoms with van der Waals surface area (Å²) in [5, 5.41) is 22.8. The van der Waals surface area contributed by atoms with E-state index in [0.717, 1.165) is 5.56 Å². The third-order valence-electron chi connectivity index (χ3n) is 4.12. The number of nitrogens with zero attached hydrogens (tertiary/aromatic N) is 4. The molecule has 0 radical (unpaired) electrons. The molecule has 2 amide bonds. The van der Waals surface area contributed by atoms with Gasteiger partial charge in [-0.05, 0) is 24.6 Å². The molecule has 0 aliphatic heterocycles. The number of aromatic nitrogens is 2. The normalized spacial score (nSPS) is 10.8. The number of nitriles is 1. The summed E-state index contributed by atoms with van der Waals surface area (Å²) in [7, 11) is 0. The first-order valence-corrected chi connectivity index (χ1v) is 10.9. The fourth-order valence-corrected chi connectivity index (χ4v) is 3.39. The highest BCUT2D eigenvalue weighted by atomic mass is 35.5. The van der Waals surface area contributed by atoms with Crippen LogP contribution in [-0.2, 0) is 9.53 Å². The maximum Gasteiger partial charge on any atom is 0.414 e. The monoisotopic (exact) mass is 532 g/mol. The molecular weight excluding hydrogens is 519 g/mol. The minimum atomic E-state index is -1.05. The highest BCUT2D eigenvalue weighted by Gasteiger charge is 2.17. The molecule has 0 aliphatic rings. The number of carbonyl (C=O) groups is 2. The minimum Gasteiger partial charge on any atom is -0.450 e. The van der Waals surface area contributed by atoms with Crippen LogP contribution in [0, 0.1) is 11.3 Å². The number of anilines is 1. The van der Waals surface area contributed by atoms with Gasteiger partial charge in [0.05, 0.1) is 22.3 Å². The van der Waals surface area contributed by atoms with Gasteiger partial charge in [0.15, 0.2) is 10.9 Å². The van der Waals surface area contributed by atoms with Crippen molar-refractivity contribution < 1.29 is 19.1 Å². The smallest absolute Gasteiger partial charge is 0.414 e. The average Bonchev–Trinajstić information content (AvgIpc) is 2.83. The van der Waals surface area contributed by atoms with Crippen LogP contribution in [0.4, 0.5) is 10.5 Å². The molecule has 178 valence electrons. The number of carbonyl (C=O) groups excluding carboxylic acids is 2. The van der Waals surface area contributed by atoms with Crippen molar-refractivity contribution in [2.24, 2.45) is 5.10 Å². The Kier molecular flexibility index (Phi) is 8.80. The van der Waals surface area contributed by atoms with Crippen LogP contribution in [0.25, 0.3) is 11.1 Å². The summed E-state index contributed by atoms with van der Waals surface area (Å²) < 4.78 is 10.3. The standard InChI is InChI=1S/C22H15Cl3N6O4/c1-2-34-22(33)27-21(32)17(11-26)29-28-13-8-15(23)19(16(24)9-13)35-18-10-14(20(25)31-30-18)12-6-4-3-5-7-12/h3-10,28H,2H2,1H3,(H,27,32,33)/b29-17+. The van der Waals surface area contributed by atoms with Crippen LogP contribution in [-0.4, -0.2) is 34.5 Å². The van der Waals surface area contributed by atoms with Crippen molar-refractivity contribution in [2.45, 2.75) is 6.92 Å². The van der Waals surface area contributed by atoms with Gasteiger partial charge in [-0.25, -0.2) is 4.79 Å². The Hall–Kier alpha value is -3.91. The zero-order valence-electron chi connectivity index (χ0n) is 17.9. The van der Waals surface area contributed by atoms with Gasteiger partial charge in [-0.3, -0.25) is 15.5 Å². The molecule has 3 rings (SSSR count). The first-order chi connectivity index (χ1) is 16.8. The van der Waals surface area contributed by atoms with Crippen LogP contribution in [0.5, 0.6) is 11.6 Å². The molecule has 2 aromatic carbocycles. The Morgan fingerprint density at radius 2 is 1.77 bits per heavy atom. The van der Waals surface area contributed by atoms with Gasteiger partial charge in [-0.1, -0.05) is 65.1 Å². The highest BCUT2D eigenvalue weighted by Crippen LogP contribution is 2.39. The molecular formula is C22H15Cl3N6O4. The lowest BCUT2D eigenvalue weighted by molar-refractivity contribution is -0.114. The van der Waals surface area contributed by atoms with Crippen LogP contribution < -0.4 is 15.5 Å². The summed E-state index contributed by atoms with van der Waals surface area (Å²) in [6.07, 6.45) is -1.01. The number of nitrogens with one attached hydrogen (secondary N) is 2. The molecule has 0 saturated carbocycles. The number of rotatable bonds is 7. The van der Waals surface area contributed by atoms with E-state index in [4.69, 9.17) is 44.8 Å². The predicted octanol–water partition coefficient (Wildman–Crippen LogP) is 5.46. The number of halogens is 3. The van der Waals surface area contributed by atoms with Crippen molar-refractivity contribution >= 4 is 58.2 Å². The first-order valence-electron chi connectivity index (χ1n) is 9.79. The molecule has 10 nitrogen and oxygen atoms in total. The van der Waals surface area contributed by atoms with E-state index >= 15 is 0 Å². The number of benzene rings is 2. The first kappa shape index (κ1) is 25.7. The third kappa shape index (κ3) is 6.80. The molecule has 0 aliphatic carbocycles. The van der Waals surface area contributed by atoms with E-state index in [1.165, 1.54) is 12.1 Å². The lowest BCUT2D eigenvalue weighted by Crippen LogP contribution is -2.36. The second-order valence-electron chi connectivity index (χ2n) is 6.48. The summed E-state index contributed by atoms with van der Waals surface area (Å²) in [4.78, 5) is 23.3. The van der Waals surface area contributed by atoms with Crippen molar-refractivity contribution in [1.82, 2.24) is 15.5 Å². The maximum absolute atomic E-state index is 11.9. The van der Waals surface area contributed by atoms with Gasteiger partial charge in [0.25, 0.3) is 5.91 Å². The number of imide groups is 1. The van der Waals surface area contributed by atoms with Crippen molar-refractivity contribution in [2.75, 3.05) is 12.0 Å². The Balaban J connectivity index is 1.78. The molecule has 0 saturated heterocycles. The number of amides is 2. The number of hydrazone groups is 1. The van der Waals surface area contributed by atoms with E-state index in [-0.39, 0.29) is 39.1 Å². The molecule has 35 heavy (non-hydrogen) atoms. The molecule has 0 spiro atoms. The van der Waals surface area contributed by atoms with Gasteiger partial charge < -0.3 is 9.47 Å². The summed E-state index contributed by atoms with van der Waals surface area (Å²) in [6.45, 7) is 1.62. The van der Waals surface area contributed by atoms with Gasteiger partial charge >= 0.3 is 6.09 Å². The molecule has 1 aromatic heterocycles. The molecule has 2 N–H and O–H groups in total. The molecule has 0 bridgehead atoms. The van der Waals surface area contributed by atoms with Gasteiger partial charge in [0.1, 0.15) is 6.07 Å². The molecule has 0 fully saturated rings. The van der Waals surface area contributed by atoms with Crippen molar-refractivity contribution in [3.63, 3.8) is 0 Å². The van der Waals surface area contributed by atoms with Crippen LogP contribution in [0.1, 0.15) is 6.92 Å². The van der Waals surface area contributed by atoms with E-state index in [0.29, 0.717) is 5.56 Å². The third-order valence-corrected chi connectivity index (χ3v) is 4.97. The predicted molar refractivity (Wildman–Crippen MR) is 131 cm³/mol. The van der Waals surface area contributed by atoms with E-state index in [2.05, 4.69) is 25.5 Å². The zero-order chi connectivity index (χ0) is 25.4. The minimum absolute atomic E-state index is 0.0526. The topological polar surface area (TPSA) is 139 Å². The zero-order valence-corrected chi connectivity index (χ0v) is 20.1. The van der Waals surface area contributed by atoms with E-state index in [1.807, 2.05) is 35.6 Å². The Labute approximate surface area is 214 Å². The molecule has 13 heteroatoms. The Morgan fingerprint density at radius 1 is 1.09 bits per heavy atom. The number of hydrogen-bond acceptors (Lipinski definition) is 9. The second-order valence-corrected chi connectivity index (χ2v) is 7.66. The second kappa shape index (κ2) is 12.0. The fourth-order valence-electron chi connectivity index (χ4n) is 2.62. The quantitative estimate of drug-likeness (QED) is 0.301. The van der Waals surface area contributed by atoms with Crippen LogP contribution >= 0.6 is 34.8 Å². The lowest BCUT2D eigenvalue weighted by Gasteiger charge is -2.12. The van der Waals surface area contributed by atoms with E-state index in [1.54, 1.807) is 19.1 Å². The van der Waals surface area contributed by atoms with Crippen molar-refractivity contribution in [1.29, 1.82) is 5.26 Å². The van der Waals surface area contributed by atoms with Crippen molar-refractivity contribution in [3.05, 3.63) is 63.7 Å². The molecule has 0 atom stereocenters. The maximum atomic E-state index is 11.9. The average molecular weight is 534 g/mol. The summed E-state index contributed by atoms with van der Waals surface area (Å²) in [6, 6.07) is 15.2. The molecule has 1 heterocycles. The summed E-state index contributed by atoms with van der Waals surface area (Å²) in [5.41, 5.74) is 3.49. The number of ether oxygens (including phenoxy) is 2. The van der Waals surface area contributed by atoms with Crippen LogP contribution in [0.2, 0.25) is 15.2 Å². The Morgan fingerprint density at radius 3 is 2.40 bits per heavy atom. The largest absolute Gasteiger partial charge is 0.450 e. The van der Waals surface area contributed by atoms with Gasteiger partial charge in [0, 0.05) is 11.6 Å². The summed E-state index contributed by atoms with van der Waals surface area (Å²) >= 11 is 18.8. The molecule has 3 aromatic rings. The van der Waals surface area contributed by atoms with E-state index < -0.39 is 17.7 Å². The van der Waals surface area contributed by atoms with Crippen LogP contribution in [0.15, 0.2) is 53.6 Å². The highest BCUT2D eigenvalue weighted by molar-refractivity contribution is 6.47. The summed E-state index contributed by atoms with van der Waals surface area (Å²) in [5.74, 6) is -0.872. The number of alkyl carbamates (subject to hydrolysis) is 1. The molecule has 0 unspecified atom stereocenters.